The van der Waals surface area contributed by atoms with Crippen molar-refractivity contribution in [3.8, 4) is 0 Å². The topological polar surface area (TPSA) is 0 Å². The normalized spacial score (nSPS) is 31.2. The molecule has 0 N–H and O–H groups in total. The predicted molar refractivity (Wildman–Crippen MR) is 88.0 cm³/mol. The monoisotopic (exact) mass is 270 g/mol. The third-order valence-electron chi connectivity index (χ3n) is 5.61. The first-order chi connectivity index (χ1) is 10.4. The van der Waals surface area contributed by atoms with Crippen molar-refractivity contribution in [2.45, 2.75) is 18.3 Å². The van der Waals surface area contributed by atoms with Crippen LogP contribution in [0.25, 0.3) is 12.2 Å². The van der Waals surface area contributed by atoms with Crippen LogP contribution in [0, 0.1) is 11.8 Å². The average Bonchev–Trinajstić information content (AvgIpc) is 2.94. The van der Waals surface area contributed by atoms with Crippen molar-refractivity contribution in [2.24, 2.45) is 11.8 Å². The quantitative estimate of drug-likeness (QED) is 0.614. The minimum Gasteiger partial charge on any atom is -0.0802 e. The maximum Gasteiger partial charge on any atom is -0.00180 e. The van der Waals surface area contributed by atoms with Gasteiger partial charge in [-0.2, -0.15) is 0 Å². The summed E-state index contributed by atoms with van der Waals surface area (Å²) in [4.78, 5) is 0. The molecule has 4 atom stereocenters. The molecule has 4 unspecified atom stereocenters. The zero-order chi connectivity index (χ0) is 13.8. The van der Waals surface area contributed by atoms with E-state index in [0.29, 0.717) is 23.7 Å². The molecule has 0 nitrogen and oxygen atoms in total. The number of hydrogen-bond acceptors (Lipinski definition) is 0. The summed E-state index contributed by atoms with van der Waals surface area (Å²) < 4.78 is 0. The Hall–Kier alpha value is -2.08. The zero-order valence-electron chi connectivity index (χ0n) is 11.9. The molecule has 2 aromatic carbocycles. The van der Waals surface area contributed by atoms with E-state index >= 15 is 0 Å². The Balaban J connectivity index is 1.71. The first-order valence-electron chi connectivity index (χ1n) is 7.96. The summed E-state index contributed by atoms with van der Waals surface area (Å²) in [6.45, 7) is 0. The highest BCUT2D eigenvalue weighted by Gasteiger charge is 2.45. The average molecular weight is 270 g/mol. The van der Waals surface area contributed by atoms with Gasteiger partial charge in [-0.3, -0.25) is 0 Å². The molecule has 21 heavy (non-hydrogen) atoms. The smallest absolute Gasteiger partial charge is 0.00180 e. The number of hydrogen-bond donors (Lipinski definition) is 0. The van der Waals surface area contributed by atoms with Crippen LogP contribution in [0.3, 0.4) is 0 Å². The Morgan fingerprint density at radius 2 is 1.10 bits per heavy atom. The van der Waals surface area contributed by atoms with Gasteiger partial charge >= 0.3 is 0 Å². The molecule has 2 aromatic rings. The lowest BCUT2D eigenvalue weighted by molar-refractivity contribution is 0.523. The fraction of sp³-hybridized carbons (Fsp3) is 0.238. The summed E-state index contributed by atoms with van der Waals surface area (Å²) in [6, 6.07) is 17.9. The molecule has 0 aliphatic heterocycles. The molecule has 0 heteroatoms. The minimum absolute atomic E-state index is 0.655. The third kappa shape index (κ3) is 1.56. The van der Waals surface area contributed by atoms with Crippen LogP contribution in [0.2, 0.25) is 0 Å². The lowest BCUT2D eigenvalue weighted by Gasteiger charge is -2.32. The van der Waals surface area contributed by atoms with Crippen LogP contribution in [0.4, 0.5) is 0 Å². The third-order valence-corrected chi connectivity index (χ3v) is 5.61. The Morgan fingerprint density at radius 3 is 1.62 bits per heavy atom. The second-order valence-corrected chi connectivity index (χ2v) is 6.59. The van der Waals surface area contributed by atoms with E-state index in [1.165, 1.54) is 17.5 Å². The molecule has 0 heterocycles. The second-order valence-electron chi connectivity index (χ2n) is 6.59. The lowest BCUT2D eigenvalue weighted by Crippen LogP contribution is -2.18. The Labute approximate surface area is 125 Å². The van der Waals surface area contributed by atoms with E-state index in [4.69, 9.17) is 0 Å². The Kier molecular flexibility index (Phi) is 2.32. The van der Waals surface area contributed by atoms with Crippen molar-refractivity contribution < 1.29 is 0 Å². The number of rotatable bonds is 0. The lowest BCUT2D eigenvalue weighted by atomic mass is 9.72. The van der Waals surface area contributed by atoms with E-state index in [0.717, 1.165) is 0 Å². The molecule has 0 aromatic heterocycles. The summed E-state index contributed by atoms with van der Waals surface area (Å²) >= 11 is 0. The fourth-order valence-corrected chi connectivity index (χ4v) is 4.77. The van der Waals surface area contributed by atoms with Crippen molar-refractivity contribution in [3.05, 3.63) is 82.9 Å². The molecule has 3 aliphatic carbocycles. The largest absolute Gasteiger partial charge is 0.0802 e. The van der Waals surface area contributed by atoms with Gasteiger partial charge in [0.2, 0.25) is 0 Å². The van der Waals surface area contributed by atoms with Gasteiger partial charge in [-0.05, 0) is 52.3 Å². The van der Waals surface area contributed by atoms with Crippen LogP contribution < -0.4 is 0 Å². The van der Waals surface area contributed by atoms with Crippen molar-refractivity contribution in [1.82, 2.24) is 0 Å². The van der Waals surface area contributed by atoms with Gasteiger partial charge in [0, 0.05) is 0 Å². The number of benzene rings is 2. The van der Waals surface area contributed by atoms with E-state index in [-0.39, 0.29) is 0 Å². The van der Waals surface area contributed by atoms with Gasteiger partial charge in [-0.1, -0.05) is 72.8 Å². The summed E-state index contributed by atoms with van der Waals surface area (Å²) in [7, 11) is 0. The minimum atomic E-state index is 0.655. The van der Waals surface area contributed by atoms with Crippen molar-refractivity contribution in [2.75, 3.05) is 0 Å². The standard InChI is InChI=1S/C21H18/c1-3-7-18-14(5-1)9-11-16-13-17-12-10-15-6-2-4-8-19(15)21(17)20(16)18/h1-12,16-17,20-21H,13H2. The SMILES string of the molecule is C1=CC2CC3C=Cc4ccccc4C3C2c2ccccc21. The van der Waals surface area contributed by atoms with Crippen LogP contribution in [-0.2, 0) is 0 Å². The van der Waals surface area contributed by atoms with Gasteiger partial charge in [0.05, 0.1) is 0 Å². The first-order valence-corrected chi connectivity index (χ1v) is 7.96. The second kappa shape index (κ2) is 4.21. The molecule has 0 saturated heterocycles. The van der Waals surface area contributed by atoms with Crippen LogP contribution >= 0.6 is 0 Å². The maximum absolute atomic E-state index is 2.46. The molecule has 1 saturated carbocycles. The predicted octanol–water partition coefficient (Wildman–Crippen LogP) is 5.24. The molecule has 0 radical (unpaired) electrons. The maximum atomic E-state index is 2.46. The first kappa shape index (κ1) is 11.6. The van der Waals surface area contributed by atoms with Gasteiger partial charge in [-0.15, -0.1) is 0 Å². The molecule has 5 rings (SSSR count). The molecule has 3 aliphatic rings. The van der Waals surface area contributed by atoms with Crippen molar-refractivity contribution in [3.63, 3.8) is 0 Å². The van der Waals surface area contributed by atoms with Gasteiger partial charge in [-0.25, -0.2) is 0 Å². The van der Waals surface area contributed by atoms with Crippen LogP contribution in [0.15, 0.2) is 60.7 Å². The van der Waals surface area contributed by atoms with Crippen molar-refractivity contribution in [1.29, 1.82) is 0 Å². The summed E-state index contributed by atoms with van der Waals surface area (Å²) in [5.74, 6) is 2.71. The van der Waals surface area contributed by atoms with Crippen LogP contribution in [-0.4, -0.2) is 0 Å². The van der Waals surface area contributed by atoms with E-state index in [1.807, 2.05) is 0 Å². The highest BCUT2D eigenvalue weighted by atomic mass is 14.5. The van der Waals surface area contributed by atoms with Gasteiger partial charge < -0.3 is 0 Å². The van der Waals surface area contributed by atoms with E-state index in [2.05, 4.69) is 72.8 Å². The molecule has 102 valence electrons. The number of allylic oxidation sites excluding steroid dienone is 2. The molecular formula is C21H18. The Bertz CT molecular complexity index is 700. The summed E-state index contributed by atoms with van der Waals surface area (Å²) in [5, 5.41) is 0. The van der Waals surface area contributed by atoms with Gasteiger partial charge in [0.25, 0.3) is 0 Å². The van der Waals surface area contributed by atoms with E-state index in [9.17, 15) is 0 Å². The van der Waals surface area contributed by atoms with Crippen LogP contribution in [0.5, 0.6) is 0 Å². The Morgan fingerprint density at radius 1 is 0.619 bits per heavy atom. The van der Waals surface area contributed by atoms with E-state index in [1.54, 1.807) is 11.1 Å². The fourth-order valence-electron chi connectivity index (χ4n) is 4.77. The van der Waals surface area contributed by atoms with Crippen LogP contribution in [0.1, 0.15) is 40.5 Å². The zero-order valence-corrected chi connectivity index (χ0v) is 11.9. The van der Waals surface area contributed by atoms with Gasteiger partial charge in [0.15, 0.2) is 0 Å². The number of fused-ring (bicyclic) bond motifs is 7. The molecule has 0 amide bonds. The summed E-state index contributed by atoms with van der Waals surface area (Å²) in [5.41, 5.74) is 5.96. The molecule has 0 spiro atoms. The summed E-state index contributed by atoms with van der Waals surface area (Å²) in [6.07, 6.45) is 10.9. The van der Waals surface area contributed by atoms with Crippen molar-refractivity contribution >= 4 is 12.2 Å². The highest BCUT2D eigenvalue weighted by molar-refractivity contribution is 5.64. The molecule has 0 bridgehead atoms. The van der Waals surface area contributed by atoms with E-state index < -0.39 is 0 Å². The molecular weight excluding hydrogens is 252 g/mol. The van der Waals surface area contributed by atoms with Gasteiger partial charge in [0.1, 0.15) is 0 Å². The highest BCUT2D eigenvalue weighted by Crippen LogP contribution is 2.58. The molecule has 1 fully saturated rings.